The van der Waals surface area contributed by atoms with Crippen LogP contribution in [0.3, 0.4) is 0 Å². The molecule has 0 saturated carbocycles. The number of hydrogen-bond donors (Lipinski definition) is 1. The molecule has 1 atom stereocenters. The minimum absolute atomic E-state index is 0.102. The van der Waals surface area contributed by atoms with E-state index in [1.165, 1.54) is 6.92 Å². The number of carboxylic acids is 1. The van der Waals surface area contributed by atoms with Crippen molar-refractivity contribution in [3.63, 3.8) is 0 Å². The molecule has 0 bridgehead atoms. The lowest BCUT2D eigenvalue weighted by Crippen LogP contribution is -2.27. The molecule has 1 heterocycles. The van der Waals surface area contributed by atoms with Crippen LogP contribution in [0.2, 0.25) is 0 Å². The fourth-order valence-electron chi connectivity index (χ4n) is 3.12. The van der Waals surface area contributed by atoms with Crippen LogP contribution >= 0.6 is 11.3 Å². The van der Waals surface area contributed by atoms with Crippen LogP contribution in [0.4, 0.5) is 30.7 Å². The van der Waals surface area contributed by atoms with Crippen LogP contribution in [-0.4, -0.2) is 21.6 Å². The molecule has 33 heavy (non-hydrogen) atoms. The van der Waals surface area contributed by atoms with Gasteiger partial charge in [0.25, 0.3) is 5.91 Å². The molecule has 1 N–H and O–H groups in total. The molecular formula is C20H13F7N2O3S. The summed E-state index contributed by atoms with van der Waals surface area (Å²) in [4.78, 5) is 27.4. The number of hydrogen-bond acceptors (Lipinski definition) is 3. The van der Waals surface area contributed by atoms with Gasteiger partial charge in [-0.2, -0.15) is 31.3 Å². The molecule has 176 valence electrons. The van der Waals surface area contributed by atoms with Crippen LogP contribution in [0.15, 0.2) is 41.4 Å². The zero-order valence-electron chi connectivity index (χ0n) is 16.5. The summed E-state index contributed by atoms with van der Waals surface area (Å²) in [7, 11) is 0. The molecule has 0 aliphatic heterocycles. The molecule has 1 aromatic heterocycles. The summed E-state index contributed by atoms with van der Waals surface area (Å²) in [5.74, 6) is -4.31. The SMILES string of the molecule is CCC(C(=O)O)n1c(=NC(=O)c2cccc(C(F)(F)F)c2)sc2c(F)c(C(F)(F)F)ccc21. The van der Waals surface area contributed by atoms with E-state index in [1.54, 1.807) is 0 Å². The van der Waals surface area contributed by atoms with E-state index in [0.717, 1.165) is 28.8 Å². The van der Waals surface area contributed by atoms with Gasteiger partial charge in [-0.05, 0) is 36.8 Å². The molecule has 0 aliphatic rings. The highest BCUT2D eigenvalue weighted by Gasteiger charge is 2.36. The number of benzene rings is 2. The maximum absolute atomic E-state index is 14.6. The number of aliphatic carboxylic acids is 1. The monoisotopic (exact) mass is 494 g/mol. The Hall–Kier alpha value is -3.22. The van der Waals surface area contributed by atoms with E-state index >= 15 is 0 Å². The molecule has 0 spiro atoms. The Morgan fingerprint density at radius 1 is 1.09 bits per heavy atom. The highest BCUT2D eigenvalue weighted by atomic mass is 32.1. The maximum Gasteiger partial charge on any atom is 0.419 e. The van der Waals surface area contributed by atoms with Crippen molar-refractivity contribution in [1.29, 1.82) is 0 Å². The summed E-state index contributed by atoms with van der Waals surface area (Å²) in [6.07, 6.45) is -9.88. The highest BCUT2D eigenvalue weighted by Crippen LogP contribution is 2.36. The molecule has 0 radical (unpaired) electrons. The topological polar surface area (TPSA) is 71.7 Å². The Balaban J connectivity index is 2.29. The van der Waals surface area contributed by atoms with Gasteiger partial charge in [0, 0.05) is 5.56 Å². The first kappa shape index (κ1) is 24.4. The van der Waals surface area contributed by atoms with E-state index in [2.05, 4.69) is 4.99 Å². The van der Waals surface area contributed by atoms with Crippen LogP contribution < -0.4 is 4.80 Å². The lowest BCUT2D eigenvalue weighted by atomic mass is 10.1. The number of amides is 1. The average Bonchev–Trinajstić information content (AvgIpc) is 3.06. The molecule has 3 rings (SSSR count). The standard InChI is InChI=1S/C20H13F7N2O3S/c1-2-12(17(31)32)29-13-7-6-11(20(25,26)27)14(21)15(13)33-18(29)28-16(30)9-4-3-5-10(8-9)19(22,23)24/h3-8,12H,2H2,1H3,(H,31,32). The third-order valence-electron chi connectivity index (χ3n) is 4.66. The number of rotatable bonds is 4. The molecule has 3 aromatic rings. The zero-order valence-corrected chi connectivity index (χ0v) is 17.3. The zero-order chi connectivity index (χ0) is 24.7. The lowest BCUT2D eigenvalue weighted by Gasteiger charge is -2.14. The number of halogens is 7. The van der Waals surface area contributed by atoms with Crippen molar-refractivity contribution in [3.8, 4) is 0 Å². The average molecular weight is 494 g/mol. The quantitative estimate of drug-likeness (QED) is 0.476. The number of carbonyl (C=O) groups excluding carboxylic acids is 1. The molecule has 1 amide bonds. The number of nitrogens with zero attached hydrogens (tertiary/aromatic N) is 2. The summed E-state index contributed by atoms with van der Waals surface area (Å²) >= 11 is 0.290. The van der Waals surface area contributed by atoms with E-state index in [-0.39, 0.29) is 23.3 Å². The van der Waals surface area contributed by atoms with Crippen LogP contribution in [0.25, 0.3) is 10.2 Å². The fraction of sp³-hybridized carbons (Fsp3) is 0.250. The van der Waals surface area contributed by atoms with Crippen LogP contribution in [0, 0.1) is 5.82 Å². The van der Waals surface area contributed by atoms with Gasteiger partial charge in [-0.25, -0.2) is 9.18 Å². The number of thiazole rings is 1. The predicted molar refractivity (Wildman–Crippen MR) is 103 cm³/mol. The largest absolute Gasteiger partial charge is 0.480 e. The Bertz CT molecular complexity index is 1310. The second-order valence-corrected chi connectivity index (χ2v) is 7.76. The number of fused-ring (bicyclic) bond motifs is 1. The van der Waals surface area contributed by atoms with Crippen molar-refractivity contribution in [2.45, 2.75) is 31.7 Å². The second kappa shape index (κ2) is 8.61. The first-order valence-electron chi connectivity index (χ1n) is 9.15. The molecule has 13 heteroatoms. The van der Waals surface area contributed by atoms with Gasteiger partial charge >= 0.3 is 18.3 Å². The maximum atomic E-state index is 14.6. The summed E-state index contributed by atoms with van der Waals surface area (Å²) in [5, 5.41) is 9.52. The summed E-state index contributed by atoms with van der Waals surface area (Å²) in [5.41, 5.74) is -3.47. The number of carboxylic acid groups (broad SMARTS) is 1. The molecular weight excluding hydrogens is 481 g/mol. The number of carbonyl (C=O) groups is 2. The van der Waals surface area contributed by atoms with Gasteiger partial charge in [0.05, 0.1) is 21.3 Å². The van der Waals surface area contributed by atoms with Crippen LogP contribution in [0.1, 0.15) is 40.9 Å². The Labute approximate surface area is 184 Å². The van der Waals surface area contributed by atoms with Gasteiger partial charge in [0.1, 0.15) is 6.04 Å². The van der Waals surface area contributed by atoms with Crippen molar-refractivity contribution in [2.75, 3.05) is 0 Å². The van der Waals surface area contributed by atoms with E-state index in [9.17, 15) is 45.4 Å². The van der Waals surface area contributed by atoms with Crippen molar-refractivity contribution >= 4 is 33.4 Å². The van der Waals surface area contributed by atoms with Crippen molar-refractivity contribution in [3.05, 3.63) is 63.7 Å². The van der Waals surface area contributed by atoms with Crippen LogP contribution in [0.5, 0.6) is 0 Å². The van der Waals surface area contributed by atoms with Crippen molar-refractivity contribution in [1.82, 2.24) is 4.57 Å². The summed E-state index contributed by atoms with van der Waals surface area (Å²) < 4.78 is 93.0. The third-order valence-corrected chi connectivity index (χ3v) is 5.72. The molecule has 0 aliphatic carbocycles. The minimum Gasteiger partial charge on any atom is -0.480 e. The van der Waals surface area contributed by atoms with Crippen molar-refractivity contribution in [2.24, 2.45) is 4.99 Å². The summed E-state index contributed by atoms with van der Waals surface area (Å²) in [6.45, 7) is 1.44. The third kappa shape index (κ3) is 4.77. The Kier molecular flexibility index (Phi) is 6.37. The van der Waals surface area contributed by atoms with E-state index in [0.29, 0.717) is 12.1 Å². The van der Waals surface area contributed by atoms with E-state index in [4.69, 9.17) is 0 Å². The van der Waals surface area contributed by atoms with E-state index < -0.39 is 62.3 Å². The molecule has 2 aromatic carbocycles. The van der Waals surface area contributed by atoms with Gasteiger partial charge in [-0.1, -0.05) is 24.3 Å². The van der Waals surface area contributed by atoms with Gasteiger partial charge in [-0.3, -0.25) is 4.79 Å². The van der Waals surface area contributed by atoms with Gasteiger partial charge in [0.2, 0.25) is 0 Å². The predicted octanol–water partition coefficient (Wildman–Crippen LogP) is 5.66. The van der Waals surface area contributed by atoms with Crippen molar-refractivity contribution < 1.29 is 45.4 Å². The van der Waals surface area contributed by atoms with Gasteiger partial charge in [0.15, 0.2) is 10.6 Å². The number of aromatic nitrogens is 1. The smallest absolute Gasteiger partial charge is 0.419 e. The second-order valence-electron chi connectivity index (χ2n) is 6.79. The van der Waals surface area contributed by atoms with E-state index in [1.807, 2.05) is 0 Å². The molecule has 0 fully saturated rings. The van der Waals surface area contributed by atoms with Crippen LogP contribution in [-0.2, 0) is 17.1 Å². The summed E-state index contributed by atoms with van der Waals surface area (Å²) in [6, 6.07) is 3.12. The molecule has 5 nitrogen and oxygen atoms in total. The first-order chi connectivity index (χ1) is 15.3. The Morgan fingerprint density at radius 2 is 1.76 bits per heavy atom. The molecule has 0 saturated heterocycles. The normalized spacial score (nSPS) is 14.0. The first-order valence-corrected chi connectivity index (χ1v) is 9.97. The lowest BCUT2D eigenvalue weighted by molar-refractivity contribution is -0.141. The Morgan fingerprint density at radius 3 is 2.30 bits per heavy atom. The fourth-order valence-corrected chi connectivity index (χ4v) is 4.23. The minimum atomic E-state index is -5.03. The van der Waals surface area contributed by atoms with Gasteiger partial charge in [-0.15, -0.1) is 0 Å². The van der Waals surface area contributed by atoms with Gasteiger partial charge < -0.3 is 9.67 Å². The number of alkyl halides is 6. The highest BCUT2D eigenvalue weighted by molar-refractivity contribution is 7.16. The molecule has 1 unspecified atom stereocenters.